The van der Waals surface area contributed by atoms with Gasteiger partial charge in [-0.05, 0) is 12.8 Å². The zero-order chi connectivity index (χ0) is 10.9. The van der Waals surface area contributed by atoms with Crippen LogP contribution in [0.2, 0.25) is 0 Å². The quantitative estimate of drug-likeness (QED) is 0.543. The van der Waals surface area contributed by atoms with E-state index in [4.69, 9.17) is 0 Å². The van der Waals surface area contributed by atoms with Crippen molar-refractivity contribution < 1.29 is 9.59 Å². The summed E-state index contributed by atoms with van der Waals surface area (Å²) in [7, 11) is 0. The summed E-state index contributed by atoms with van der Waals surface area (Å²) in [5.74, 6) is 0.435. The zero-order valence-corrected chi connectivity index (χ0v) is 9.60. The summed E-state index contributed by atoms with van der Waals surface area (Å²) >= 11 is 4.07. The van der Waals surface area contributed by atoms with Crippen LogP contribution in [0.1, 0.15) is 20.8 Å². The lowest BCUT2D eigenvalue weighted by atomic mass is 10.1. The van der Waals surface area contributed by atoms with Gasteiger partial charge in [0.15, 0.2) is 0 Å². The van der Waals surface area contributed by atoms with E-state index in [1.165, 1.54) is 4.90 Å². The van der Waals surface area contributed by atoms with Crippen molar-refractivity contribution in [3.63, 3.8) is 0 Å². The topological polar surface area (TPSA) is 49.4 Å². The Labute approximate surface area is 89.4 Å². The van der Waals surface area contributed by atoms with Gasteiger partial charge in [-0.1, -0.05) is 13.8 Å². The van der Waals surface area contributed by atoms with E-state index in [-0.39, 0.29) is 17.9 Å². The average Bonchev–Trinajstić information content (AvgIpc) is 2.30. The summed E-state index contributed by atoms with van der Waals surface area (Å²) < 4.78 is 0. The molecule has 14 heavy (non-hydrogen) atoms. The fourth-order valence-corrected chi connectivity index (χ4v) is 1.60. The van der Waals surface area contributed by atoms with Crippen LogP contribution in [0.5, 0.6) is 0 Å². The molecule has 1 atom stereocenters. The summed E-state index contributed by atoms with van der Waals surface area (Å²) in [4.78, 5) is 24.5. The molecule has 0 bridgehead atoms. The molecule has 1 heterocycles. The highest BCUT2D eigenvalue weighted by Gasteiger charge is 2.46. The number of hydrogen-bond acceptors (Lipinski definition) is 3. The monoisotopic (exact) mass is 216 g/mol. The fourth-order valence-electron chi connectivity index (χ4n) is 1.39. The third kappa shape index (κ3) is 1.87. The van der Waals surface area contributed by atoms with Gasteiger partial charge in [-0.3, -0.25) is 9.69 Å². The molecule has 4 nitrogen and oxygen atoms in total. The standard InChI is InChI=1S/C9H16N2O2S/c1-6(2)4-11-7(12)9(3,5-14)10-8(11)13/h6,14H,4-5H2,1-3H3,(H,10,13). The van der Waals surface area contributed by atoms with Gasteiger partial charge in [0.05, 0.1) is 0 Å². The van der Waals surface area contributed by atoms with Crippen LogP contribution >= 0.6 is 12.6 Å². The maximum absolute atomic E-state index is 11.8. The van der Waals surface area contributed by atoms with Crippen LogP contribution in [0.25, 0.3) is 0 Å². The number of nitrogens with zero attached hydrogens (tertiary/aromatic N) is 1. The molecule has 1 N–H and O–H groups in total. The molecule has 1 saturated heterocycles. The summed E-state index contributed by atoms with van der Waals surface area (Å²) in [5.41, 5.74) is -0.824. The molecule has 0 spiro atoms. The Hall–Kier alpha value is -0.710. The lowest BCUT2D eigenvalue weighted by Gasteiger charge is -2.19. The molecule has 0 aliphatic carbocycles. The minimum atomic E-state index is -0.824. The maximum Gasteiger partial charge on any atom is 0.325 e. The highest BCUT2D eigenvalue weighted by Crippen LogP contribution is 2.19. The number of thiol groups is 1. The molecule has 0 aromatic carbocycles. The number of hydrogen-bond donors (Lipinski definition) is 2. The molecule has 1 aliphatic heterocycles. The van der Waals surface area contributed by atoms with Crippen LogP contribution in [-0.2, 0) is 4.79 Å². The van der Waals surface area contributed by atoms with Crippen LogP contribution in [0.4, 0.5) is 4.79 Å². The van der Waals surface area contributed by atoms with Crippen molar-refractivity contribution in [2.45, 2.75) is 26.3 Å². The molecule has 1 fully saturated rings. The third-order valence-electron chi connectivity index (χ3n) is 2.21. The number of nitrogens with one attached hydrogen (secondary N) is 1. The van der Waals surface area contributed by atoms with Gasteiger partial charge in [0.2, 0.25) is 0 Å². The second-order valence-electron chi connectivity index (χ2n) is 4.23. The Morgan fingerprint density at radius 2 is 2.07 bits per heavy atom. The lowest BCUT2D eigenvalue weighted by Crippen LogP contribution is -2.45. The summed E-state index contributed by atoms with van der Waals surface area (Å²) in [6.07, 6.45) is 0. The number of rotatable bonds is 3. The molecule has 3 amide bonds. The van der Waals surface area contributed by atoms with Crippen LogP contribution < -0.4 is 5.32 Å². The zero-order valence-electron chi connectivity index (χ0n) is 8.70. The van der Waals surface area contributed by atoms with E-state index in [2.05, 4.69) is 17.9 Å². The predicted molar refractivity (Wildman–Crippen MR) is 57.3 cm³/mol. The summed E-state index contributed by atoms with van der Waals surface area (Å²) in [5, 5.41) is 2.65. The molecule has 1 aliphatic rings. The van der Waals surface area contributed by atoms with Crippen LogP contribution in [0.3, 0.4) is 0 Å². The smallest absolute Gasteiger partial charge is 0.323 e. The first-order valence-corrected chi connectivity index (χ1v) is 5.29. The van der Waals surface area contributed by atoms with Crippen LogP contribution in [0, 0.1) is 5.92 Å². The minimum absolute atomic E-state index is 0.175. The van der Waals surface area contributed by atoms with Crippen molar-refractivity contribution in [1.82, 2.24) is 10.2 Å². The van der Waals surface area contributed by atoms with Crippen molar-refractivity contribution in [2.24, 2.45) is 5.92 Å². The Morgan fingerprint density at radius 1 is 1.50 bits per heavy atom. The normalized spacial score (nSPS) is 27.4. The molecular formula is C9H16N2O2S. The van der Waals surface area contributed by atoms with E-state index < -0.39 is 5.54 Å². The van der Waals surface area contributed by atoms with Gasteiger partial charge in [0.25, 0.3) is 5.91 Å². The maximum atomic E-state index is 11.8. The highest BCUT2D eigenvalue weighted by atomic mass is 32.1. The van der Waals surface area contributed by atoms with Gasteiger partial charge in [0.1, 0.15) is 5.54 Å². The van der Waals surface area contributed by atoms with Crippen LogP contribution in [0.15, 0.2) is 0 Å². The van der Waals surface area contributed by atoms with Gasteiger partial charge in [0, 0.05) is 12.3 Å². The van der Waals surface area contributed by atoms with Gasteiger partial charge in [-0.2, -0.15) is 12.6 Å². The van der Waals surface area contributed by atoms with Crippen molar-refractivity contribution in [3.05, 3.63) is 0 Å². The highest BCUT2D eigenvalue weighted by molar-refractivity contribution is 7.80. The molecular weight excluding hydrogens is 200 g/mol. The molecule has 80 valence electrons. The Bertz CT molecular complexity index is 268. The third-order valence-corrected chi connectivity index (χ3v) is 2.84. The van der Waals surface area contributed by atoms with E-state index in [1.54, 1.807) is 6.92 Å². The van der Waals surface area contributed by atoms with Gasteiger partial charge >= 0.3 is 6.03 Å². The van der Waals surface area contributed by atoms with Crippen molar-refractivity contribution >= 4 is 24.6 Å². The van der Waals surface area contributed by atoms with E-state index in [0.29, 0.717) is 12.3 Å². The average molecular weight is 216 g/mol. The number of imide groups is 1. The van der Waals surface area contributed by atoms with Crippen molar-refractivity contribution in [1.29, 1.82) is 0 Å². The van der Waals surface area contributed by atoms with E-state index >= 15 is 0 Å². The largest absolute Gasteiger partial charge is 0.325 e. The number of carbonyl (C=O) groups is 2. The first kappa shape index (κ1) is 11.4. The van der Waals surface area contributed by atoms with E-state index in [1.807, 2.05) is 13.8 Å². The minimum Gasteiger partial charge on any atom is -0.323 e. The summed E-state index contributed by atoms with van der Waals surface area (Å²) in [6, 6.07) is -0.305. The number of urea groups is 1. The Balaban J connectivity index is 2.81. The van der Waals surface area contributed by atoms with Gasteiger partial charge in [-0.15, -0.1) is 0 Å². The second-order valence-corrected chi connectivity index (χ2v) is 4.55. The van der Waals surface area contributed by atoms with E-state index in [0.717, 1.165) is 0 Å². The molecule has 1 unspecified atom stereocenters. The first-order chi connectivity index (χ1) is 6.40. The molecule has 0 saturated carbocycles. The van der Waals surface area contributed by atoms with Gasteiger partial charge in [-0.25, -0.2) is 4.79 Å². The number of carbonyl (C=O) groups excluding carboxylic acids is 2. The van der Waals surface area contributed by atoms with E-state index in [9.17, 15) is 9.59 Å². The molecule has 5 heteroatoms. The Kier molecular flexibility index (Phi) is 3.09. The molecule has 0 aromatic heterocycles. The summed E-state index contributed by atoms with van der Waals surface area (Å²) in [6.45, 7) is 6.10. The molecule has 0 aromatic rings. The molecule has 0 radical (unpaired) electrons. The lowest BCUT2D eigenvalue weighted by molar-refractivity contribution is -0.130. The van der Waals surface area contributed by atoms with Crippen molar-refractivity contribution in [2.75, 3.05) is 12.3 Å². The van der Waals surface area contributed by atoms with Gasteiger partial charge < -0.3 is 5.32 Å². The Morgan fingerprint density at radius 3 is 2.43 bits per heavy atom. The van der Waals surface area contributed by atoms with Crippen molar-refractivity contribution in [3.8, 4) is 0 Å². The predicted octanol–water partition coefficient (Wildman–Crippen LogP) is 0.883. The fraction of sp³-hybridized carbons (Fsp3) is 0.778. The second kappa shape index (κ2) is 3.81. The first-order valence-electron chi connectivity index (χ1n) is 4.65. The molecule has 1 rings (SSSR count). The SMILES string of the molecule is CC(C)CN1C(=O)NC(C)(CS)C1=O. The number of amides is 3. The van der Waals surface area contributed by atoms with Crippen LogP contribution in [-0.4, -0.2) is 34.7 Å².